The zero-order valence-electron chi connectivity index (χ0n) is 11.3. The number of hydrogen-bond acceptors (Lipinski definition) is 4. The summed E-state index contributed by atoms with van der Waals surface area (Å²) in [6.07, 6.45) is 2.41. The van der Waals surface area contributed by atoms with Gasteiger partial charge in [0.05, 0.1) is 12.8 Å². The minimum Gasteiger partial charge on any atom is -0.493 e. The Morgan fingerprint density at radius 2 is 2.15 bits per heavy atom. The van der Waals surface area contributed by atoms with Gasteiger partial charge in [-0.25, -0.2) is 0 Å². The number of pyridine rings is 1. The van der Waals surface area contributed by atoms with E-state index < -0.39 is 0 Å². The van der Waals surface area contributed by atoms with Crippen LogP contribution in [0.1, 0.15) is 11.3 Å². The van der Waals surface area contributed by atoms with Gasteiger partial charge in [0.2, 0.25) is 0 Å². The van der Waals surface area contributed by atoms with Crippen molar-refractivity contribution in [2.75, 3.05) is 13.7 Å². The Hall–Kier alpha value is -1.78. The lowest BCUT2D eigenvalue weighted by Gasteiger charge is -2.15. The number of aromatic nitrogens is 1. The maximum Gasteiger partial charge on any atom is 0.165 e. The molecule has 0 amide bonds. The zero-order valence-corrected chi connectivity index (χ0v) is 12.1. The number of rotatable bonds is 6. The number of hydrogen-bond donors (Lipinski definition) is 1. The molecule has 0 spiro atoms. The fraction of sp³-hybridized carbons (Fsp3) is 0.267. The van der Waals surface area contributed by atoms with Gasteiger partial charge in [-0.1, -0.05) is 17.7 Å². The Morgan fingerprint density at radius 1 is 1.30 bits per heavy atom. The average Bonchev–Trinajstić information content (AvgIpc) is 2.47. The molecule has 0 aliphatic rings. The van der Waals surface area contributed by atoms with E-state index >= 15 is 0 Å². The van der Waals surface area contributed by atoms with Gasteiger partial charge in [-0.15, -0.1) is 0 Å². The van der Waals surface area contributed by atoms with E-state index in [1.54, 1.807) is 19.4 Å². The van der Waals surface area contributed by atoms with Crippen LogP contribution in [0.25, 0.3) is 0 Å². The molecule has 5 heteroatoms. The van der Waals surface area contributed by atoms with Crippen molar-refractivity contribution < 1.29 is 9.47 Å². The fourth-order valence-corrected chi connectivity index (χ4v) is 2.14. The van der Waals surface area contributed by atoms with Crippen LogP contribution in [0.15, 0.2) is 36.5 Å². The summed E-state index contributed by atoms with van der Waals surface area (Å²) < 4.78 is 11.2. The molecule has 1 aromatic carbocycles. The second-order valence-corrected chi connectivity index (χ2v) is 4.68. The van der Waals surface area contributed by atoms with Gasteiger partial charge in [0.25, 0.3) is 0 Å². The third-order valence-corrected chi connectivity index (χ3v) is 3.04. The summed E-state index contributed by atoms with van der Waals surface area (Å²) >= 11 is 6.06. The molecule has 0 saturated heterocycles. The van der Waals surface area contributed by atoms with Crippen LogP contribution in [0.4, 0.5) is 0 Å². The molecule has 0 bridgehead atoms. The number of ether oxygens (including phenoxy) is 2. The molecular weight excluding hydrogens is 276 g/mol. The molecule has 0 aliphatic heterocycles. The molecule has 1 aromatic heterocycles. The predicted octanol–water partition coefficient (Wildman–Crippen LogP) is 2.82. The van der Waals surface area contributed by atoms with Crippen LogP contribution < -0.4 is 15.2 Å². The van der Waals surface area contributed by atoms with Crippen molar-refractivity contribution in [3.05, 3.63) is 52.8 Å². The van der Waals surface area contributed by atoms with E-state index in [4.69, 9.17) is 26.8 Å². The largest absolute Gasteiger partial charge is 0.493 e. The highest BCUT2D eigenvalue weighted by atomic mass is 35.5. The van der Waals surface area contributed by atoms with Crippen molar-refractivity contribution in [2.24, 2.45) is 5.73 Å². The molecule has 0 saturated carbocycles. The molecule has 0 aliphatic carbocycles. The van der Waals surface area contributed by atoms with Crippen LogP contribution in [-0.4, -0.2) is 18.6 Å². The second-order valence-electron chi connectivity index (χ2n) is 4.24. The second kappa shape index (κ2) is 7.12. The highest BCUT2D eigenvalue weighted by molar-refractivity contribution is 6.30. The van der Waals surface area contributed by atoms with Gasteiger partial charge in [-0.3, -0.25) is 4.98 Å². The molecule has 0 fully saturated rings. The van der Waals surface area contributed by atoms with E-state index in [-0.39, 0.29) is 0 Å². The summed E-state index contributed by atoms with van der Waals surface area (Å²) in [6.45, 7) is 0.889. The fourth-order valence-electron chi connectivity index (χ4n) is 1.91. The van der Waals surface area contributed by atoms with Gasteiger partial charge in [0, 0.05) is 22.8 Å². The first kappa shape index (κ1) is 14.6. The lowest BCUT2D eigenvalue weighted by atomic mass is 10.1. The first-order valence-corrected chi connectivity index (χ1v) is 6.71. The molecule has 20 heavy (non-hydrogen) atoms. The Kier molecular flexibility index (Phi) is 5.21. The molecule has 1 heterocycles. The first-order valence-electron chi connectivity index (χ1n) is 6.33. The third kappa shape index (κ3) is 3.62. The molecule has 4 nitrogen and oxygen atoms in total. The van der Waals surface area contributed by atoms with Crippen molar-refractivity contribution in [3.63, 3.8) is 0 Å². The lowest BCUT2D eigenvalue weighted by molar-refractivity contribution is 0.277. The molecule has 0 radical (unpaired) electrons. The molecule has 2 N–H and O–H groups in total. The molecular formula is C15H17ClN2O2. The van der Waals surface area contributed by atoms with E-state index in [1.807, 2.05) is 24.3 Å². The van der Waals surface area contributed by atoms with Crippen molar-refractivity contribution in [1.29, 1.82) is 0 Å². The molecule has 0 unspecified atom stereocenters. The summed E-state index contributed by atoms with van der Waals surface area (Å²) in [5, 5.41) is 0.607. The number of nitrogens with zero attached hydrogens (tertiary/aromatic N) is 1. The average molecular weight is 293 g/mol. The van der Waals surface area contributed by atoms with Gasteiger partial charge in [-0.2, -0.15) is 0 Å². The Bertz CT molecular complexity index is 561. The quantitative estimate of drug-likeness (QED) is 0.889. The molecule has 106 valence electrons. The Morgan fingerprint density at radius 3 is 2.80 bits per heavy atom. The highest BCUT2D eigenvalue weighted by Gasteiger charge is 2.13. The van der Waals surface area contributed by atoms with E-state index in [1.165, 1.54) is 0 Å². The van der Waals surface area contributed by atoms with Crippen LogP contribution in [0, 0.1) is 0 Å². The van der Waals surface area contributed by atoms with E-state index in [2.05, 4.69) is 4.98 Å². The van der Waals surface area contributed by atoms with Crippen LogP contribution in [0.3, 0.4) is 0 Å². The maximum absolute atomic E-state index is 6.06. The van der Waals surface area contributed by atoms with Gasteiger partial charge >= 0.3 is 0 Å². The smallest absolute Gasteiger partial charge is 0.165 e. The number of halogens is 1. The normalized spacial score (nSPS) is 10.3. The third-order valence-electron chi connectivity index (χ3n) is 2.82. The van der Waals surface area contributed by atoms with Gasteiger partial charge in [-0.05, 0) is 31.2 Å². The van der Waals surface area contributed by atoms with Crippen molar-refractivity contribution in [2.45, 2.75) is 13.0 Å². The molecule has 2 aromatic rings. The van der Waals surface area contributed by atoms with E-state index in [0.717, 1.165) is 11.3 Å². The van der Waals surface area contributed by atoms with Crippen molar-refractivity contribution in [3.8, 4) is 11.5 Å². The maximum atomic E-state index is 6.06. The molecule has 2 rings (SSSR count). The monoisotopic (exact) mass is 292 g/mol. The molecule has 0 atom stereocenters. The number of nitrogens with two attached hydrogens (primary N) is 1. The minimum atomic E-state index is 0.371. The standard InChI is InChI=1S/C15H17ClN2O2/c1-19-14-9-12(16)8-11(5-6-17)15(14)20-10-13-4-2-3-7-18-13/h2-4,7-9H,5-6,10,17H2,1H3. The highest BCUT2D eigenvalue weighted by Crippen LogP contribution is 2.35. The lowest BCUT2D eigenvalue weighted by Crippen LogP contribution is -2.07. The van der Waals surface area contributed by atoms with Gasteiger partial charge < -0.3 is 15.2 Å². The summed E-state index contributed by atoms with van der Waals surface area (Å²) in [6, 6.07) is 9.28. The van der Waals surface area contributed by atoms with Crippen molar-refractivity contribution >= 4 is 11.6 Å². The summed E-state index contributed by atoms with van der Waals surface area (Å²) in [5.74, 6) is 1.28. The van der Waals surface area contributed by atoms with Crippen LogP contribution in [-0.2, 0) is 13.0 Å². The van der Waals surface area contributed by atoms with Crippen LogP contribution in [0.5, 0.6) is 11.5 Å². The SMILES string of the molecule is COc1cc(Cl)cc(CCN)c1OCc1ccccn1. The summed E-state index contributed by atoms with van der Waals surface area (Å²) in [7, 11) is 1.59. The Labute approximate surface area is 123 Å². The van der Waals surface area contributed by atoms with Crippen molar-refractivity contribution in [1.82, 2.24) is 4.98 Å². The van der Waals surface area contributed by atoms with Gasteiger partial charge in [0.1, 0.15) is 6.61 Å². The predicted molar refractivity (Wildman–Crippen MR) is 79.3 cm³/mol. The van der Waals surface area contributed by atoms with Crippen LogP contribution >= 0.6 is 11.6 Å². The number of benzene rings is 1. The topological polar surface area (TPSA) is 57.4 Å². The summed E-state index contributed by atoms with van der Waals surface area (Å²) in [4.78, 5) is 4.23. The summed E-state index contributed by atoms with van der Waals surface area (Å²) in [5.41, 5.74) is 7.41. The number of methoxy groups -OCH3 is 1. The van der Waals surface area contributed by atoms with Gasteiger partial charge in [0.15, 0.2) is 11.5 Å². The van der Waals surface area contributed by atoms with Crippen LogP contribution in [0.2, 0.25) is 5.02 Å². The Balaban J connectivity index is 2.24. The van der Waals surface area contributed by atoms with E-state index in [0.29, 0.717) is 36.1 Å². The van der Waals surface area contributed by atoms with E-state index in [9.17, 15) is 0 Å². The zero-order chi connectivity index (χ0) is 14.4. The minimum absolute atomic E-state index is 0.371. The first-order chi connectivity index (χ1) is 9.74.